The zero-order valence-corrected chi connectivity index (χ0v) is 10.1. The molecule has 0 aliphatic heterocycles. The van der Waals surface area contributed by atoms with Gasteiger partial charge in [-0.3, -0.25) is 0 Å². The van der Waals surface area contributed by atoms with Gasteiger partial charge in [-0.05, 0) is 33.1 Å². The van der Waals surface area contributed by atoms with Gasteiger partial charge in [0.25, 0.3) is 0 Å². The quantitative estimate of drug-likeness (QED) is 0.825. The molecule has 1 heterocycles. The van der Waals surface area contributed by atoms with Gasteiger partial charge >= 0.3 is 0 Å². The first kappa shape index (κ1) is 11.0. The van der Waals surface area contributed by atoms with Gasteiger partial charge in [-0.2, -0.15) is 0 Å². The van der Waals surface area contributed by atoms with Crippen molar-refractivity contribution in [3.63, 3.8) is 0 Å². The number of nitrogens with zero attached hydrogens (tertiary/aromatic N) is 1. The molecule has 1 unspecified atom stereocenters. The van der Waals surface area contributed by atoms with Crippen molar-refractivity contribution in [1.82, 2.24) is 10.3 Å². The number of hydrogen-bond acceptors (Lipinski definition) is 4. The Morgan fingerprint density at radius 1 is 1.67 bits per heavy atom. The predicted octanol–water partition coefficient (Wildman–Crippen LogP) is 2.02. The van der Waals surface area contributed by atoms with Crippen molar-refractivity contribution < 1.29 is 5.11 Å². The Kier molecular flexibility index (Phi) is 3.09. The van der Waals surface area contributed by atoms with E-state index in [4.69, 9.17) is 0 Å². The molecule has 4 heteroatoms. The fraction of sp³-hybridized carbons (Fsp3) is 0.727. The zero-order chi connectivity index (χ0) is 10.9. The van der Waals surface area contributed by atoms with Crippen molar-refractivity contribution >= 4 is 11.3 Å². The van der Waals surface area contributed by atoms with Crippen LogP contribution in [0.4, 0.5) is 0 Å². The third-order valence-electron chi connectivity index (χ3n) is 3.20. The fourth-order valence-corrected chi connectivity index (χ4v) is 2.85. The molecular formula is C11H18N2OS. The second-order valence-electron chi connectivity index (χ2n) is 4.44. The van der Waals surface area contributed by atoms with E-state index >= 15 is 0 Å². The SMILES string of the molecule is Cc1ncc(C(C)NC2(CO)CCC2)s1. The van der Waals surface area contributed by atoms with Crippen LogP contribution in [0, 0.1) is 6.92 Å². The zero-order valence-electron chi connectivity index (χ0n) is 9.29. The topological polar surface area (TPSA) is 45.2 Å². The molecule has 2 N–H and O–H groups in total. The highest BCUT2D eigenvalue weighted by Crippen LogP contribution is 2.34. The van der Waals surface area contributed by atoms with Crippen molar-refractivity contribution in [2.75, 3.05) is 6.61 Å². The lowest BCUT2D eigenvalue weighted by atomic mass is 9.77. The average Bonchev–Trinajstić information content (AvgIpc) is 2.58. The van der Waals surface area contributed by atoms with Crippen LogP contribution >= 0.6 is 11.3 Å². The van der Waals surface area contributed by atoms with Crippen LogP contribution in [0.5, 0.6) is 0 Å². The minimum absolute atomic E-state index is 0.0166. The van der Waals surface area contributed by atoms with Crippen molar-refractivity contribution in [1.29, 1.82) is 0 Å². The summed E-state index contributed by atoms with van der Waals surface area (Å²) in [6.07, 6.45) is 5.33. The van der Waals surface area contributed by atoms with Gasteiger partial charge in [0, 0.05) is 22.7 Å². The Morgan fingerprint density at radius 3 is 2.80 bits per heavy atom. The van der Waals surface area contributed by atoms with Gasteiger partial charge in [0.15, 0.2) is 0 Å². The average molecular weight is 226 g/mol. The molecule has 1 aliphatic rings. The third-order valence-corrected chi connectivity index (χ3v) is 4.30. The monoisotopic (exact) mass is 226 g/mol. The number of thiazole rings is 1. The van der Waals surface area contributed by atoms with E-state index in [1.807, 2.05) is 13.1 Å². The Labute approximate surface area is 94.5 Å². The minimum Gasteiger partial charge on any atom is -0.394 e. The summed E-state index contributed by atoms with van der Waals surface area (Å²) >= 11 is 1.73. The van der Waals surface area contributed by atoms with Crippen LogP contribution in [0.25, 0.3) is 0 Å². The minimum atomic E-state index is -0.0166. The van der Waals surface area contributed by atoms with E-state index in [-0.39, 0.29) is 12.1 Å². The molecule has 84 valence electrons. The van der Waals surface area contributed by atoms with E-state index in [0.717, 1.165) is 17.8 Å². The first-order valence-corrected chi connectivity index (χ1v) is 6.28. The molecule has 0 bridgehead atoms. The van der Waals surface area contributed by atoms with Gasteiger partial charge in [-0.25, -0.2) is 4.98 Å². The van der Waals surface area contributed by atoms with Gasteiger partial charge < -0.3 is 10.4 Å². The smallest absolute Gasteiger partial charge is 0.0897 e. The second-order valence-corrected chi connectivity index (χ2v) is 5.71. The lowest BCUT2D eigenvalue weighted by Gasteiger charge is -2.43. The molecule has 1 saturated carbocycles. The molecule has 3 nitrogen and oxygen atoms in total. The number of aromatic nitrogens is 1. The lowest BCUT2D eigenvalue weighted by molar-refractivity contribution is 0.0791. The Bertz CT molecular complexity index is 328. The predicted molar refractivity (Wildman–Crippen MR) is 62.1 cm³/mol. The van der Waals surface area contributed by atoms with E-state index in [9.17, 15) is 5.11 Å². The van der Waals surface area contributed by atoms with Crippen LogP contribution in [0.1, 0.15) is 42.1 Å². The summed E-state index contributed by atoms with van der Waals surface area (Å²) in [7, 11) is 0. The molecule has 0 spiro atoms. The standard InChI is InChI=1S/C11H18N2OS/c1-8(10-6-12-9(2)15-10)13-11(7-14)4-3-5-11/h6,8,13-14H,3-5,7H2,1-2H3. The van der Waals surface area contributed by atoms with Gasteiger partial charge in [-0.1, -0.05) is 0 Å². The van der Waals surface area contributed by atoms with Crippen LogP contribution in [0.3, 0.4) is 0 Å². The normalized spacial score (nSPS) is 21.0. The van der Waals surface area contributed by atoms with E-state index in [1.165, 1.54) is 11.3 Å². The fourth-order valence-electron chi connectivity index (χ4n) is 2.06. The number of nitrogens with one attached hydrogen (secondary N) is 1. The maximum Gasteiger partial charge on any atom is 0.0897 e. The molecule has 1 aromatic rings. The summed E-state index contributed by atoms with van der Waals surface area (Å²) in [4.78, 5) is 5.51. The maximum absolute atomic E-state index is 9.36. The lowest BCUT2D eigenvalue weighted by Crippen LogP contribution is -2.54. The highest BCUT2D eigenvalue weighted by atomic mass is 32.1. The largest absolute Gasteiger partial charge is 0.394 e. The highest BCUT2D eigenvalue weighted by Gasteiger charge is 2.37. The first-order valence-electron chi connectivity index (χ1n) is 5.46. The molecule has 0 radical (unpaired) electrons. The summed E-state index contributed by atoms with van der Waals surface area (Å²) in [5.41, 5.74) is -0.0166. The second kappa shape index (κ2) is 4.20. The van der Waals surface area contributed by atoms with E-state index in [1.54, 1.807) is 11.3 Å². The molecule has 0 aromatic carbocycles. The van der Waals surface area contributed by atoms with Crippen molar-refractivity contribution in [3.8, 4) is 0 Å². The third kappa shape index (κ3) is 2.22. The number of aliphatic hydroxyl groups excluding tert-OH is 1. The first-order chi connectivity index (χ1) is 7.15. The molecule has 1 atom stereocenters. The Morgan fingerprint density at radius 2 is 2.40 bits per heavy atom. The van der Waals surface area contributed by atoms with Crippen LogP contribution in [0.2, 0.25) is 0 Å². The number of aryl methyl sites for hydroxylation is 1. The van der Waals surface area contributed by atoms with Gasteiger partial charge in [0.05, 0.1) is 11.6 Å². The van der Waals surface area contributed by atoms with E-state index in [0.29, 0.717) is 6.04 Å². The van der Waals surface area contributed by atoms with Crippen molar-refractivity contribution in [2.24, 2.45) is 0 Å². The highest BCUT2D eigenvalue weighted by molar-refractivity contribution is 7.11. The molecule has 15 heavy (non-hydrogen) atoms. The van der Waals surface area contributed by atoms with Gasteiger partial charge in [0.1, 0.15) is 0 Å². The molecular weight excluding hydrogens is 208 g/mol. The molecule has 0 amide bonds. The molecule has 2 rings (SSSR count). The van der Waals surface area contributed by atoms with Crippen molar-refractivity contribution in [3.05, 3.63) is 16.1 Å². The molecule has 1 aliphatic carbocycles. The van der Waals surface area contributed by atoms with E-state index in [2.05, 4.69) is 17.2 Å². The summed E-state index contributed by atoms with van der Waals surface area (Å²) in [6, 6.07) is 0.295. The van der Waals surface area contributed by atoms with Crippen LogP contribution in [-0.2, 0) is 0 Å². The summed E-state index contributed by atoms with van der Waals surface area (Å²) in [5.74, 6) is 0. The van der Waals surface area contributed by atoms with Gasteiger partial charge in [-0.15, -0.1) is 11.3 Å². The Hall–Kier alpha value is -0.450. The van der Waals surface area contributed by atoms with Crippen LogP contribution < -0.4 is 5.32 Å². The van der Waals surface area contributed by atoms with Crippen LogP contribution in [0.15, 0.2) is 6.20 Å². The maximum atomic E-state index is 9.36. The molecule has 0 saturated heterocycles. The summed E-state index contributed by atoms with van der Waals surface area (Å²) in [5, 5.41) is 14.0. The molecule has 1 aromatic heterocycles. The van der Waals surface area contributed by atoms with Gasteiger partial charge in [0.2, 0.25) is 0 Å². The molecule has 1 fully saturated rings. The Balaban J connectivity index is 1.99. The number of rotatable bonds is 4. The summed E-state index contributed by atoms with van der Waals surface area (Å²) < 4.78 is 0. The summed E-state index contributed by atoms with van der Waals surface area (Å²) in [6.45, 7) is 4.41. The number of aliphatic hydroxyl groups is 1. The van der Waals surface area contributed by atoms with E-state index < -0.39 is 0 Å². The van der Waals surface area contributed by atoms with Crippen LogP contribution in [-0.4, -0.2) is 22.2 Å². The number of hydrogen-bond donors (Lipinski definition) is 2. The van der Waals surface area contributed by atoms with Crippen molar-refractivity contribution in [2.45, 2.75) is 44.7 Å².